The van der Waals surface area contributed by atoms with Crippen LogP contribution in [0.3, 0.4) is 0 Å². The highest BCUT2D eigenvalue weighted by Crippen LogP contribution is 2.42. The molecule has 0 radical (unpaired) electrons. The normalized spacial score (nSPS) is 23.8. The third-order valence-electron chi connectivity index (χ3n) is 7.92. The smallest absolute Gasteiger partial charge is 0.348 e. The molecule has 0 bridgehead atoms. The highest BCUT2D eigenvalue weighted by molar-refractivity contribution is 7.14. The third-order valence-corrected chi connectivity index (χ3v) is 9.45. The van der Waals surface area contributed by atoms with Crippen molar-refractivity contribution in [1.29, 1.82) is 0 Å². The molecule has 8 nitrogen and oxygen atoms in total. The first-order valence-electron chi connectivity index (χ1n) is 13.9. The Balaban J connectivity index is 1.57. The number of amides is 1. The van der Waals surface area contributed by atoms with Crippen LogP contribution in [0.1, 0.15) is 93.6 Å². The number of nitrogens with zero attached hydrogens (tertiary/aromatic N) is 4. The van der Waals surface area contributed by atoms with E-state index in [4.69, 9.17) is 4.74 Å². The summed E-state index contributed by atoms with van der Waals surface area (Å²) in [5.74, 6) is -0.776. The van der Waals surface area contributed by atoms with E-state index in [-0.39, 0.29) is 46.1 Å². The Morgan fingerprint density at radius 2 is 1.72 bits per heavy atom. The standard InChI is InChI=1S/C29H41FN4O4S/c1-17-7-9-18(10-8-17)26(35)34(22-15-23(29(2,3)4)39-24(22)27(36)37)19-11-13-20(14-12-19)38-28-31-16-21(30)25(32-28)33(5)6/h15-20H,7-14H2,1-6H3,(H,36,37). The minimum atomic E-state index is -0.997. The van der Waals surface area contributed by atoms with Gasteiger partial charge in [0.1, 0.15) is 11.0 Å². The van der Waals surface area contributed by atoms with Crippen LogP contribution in [-0.4, -0.2) is 53.2 Å². The highest BCUT2D eigenvalue weighted by atomic mass is 32.1. The van der Waals surface area contributed by atoms with Crippen molar-refractivity contribution >= 4 is 34.7 Å². The summed E-state index contributed by atoms with van der Waals surface area (Å²) < 4.78 is 20.0. The topological polar surface area (TPSA) is 95.9 Å². The van der Waals surface area contributed by atoms with E-state index < -0.39 is 11.8 Å². The number of ether oxygens (including phenoxy) is 1. The van der Waals surface area contributed by atoms with Crippen LogP contribution in [-0.2, 0) is 10.2 Å². The fraction of sp³-hybridized carbons (Fsp3) is 0.655. The molecule has 0 unspecified atom stereocenters. The van der Waals surface area contributed by atoms with Crippen molar-refractivity contribution in [2.75, 3.05) is 23.9 Å². The van der Waals surface area contributed by atoms with Crippen LogP contribution in [0.4, 0.5) is 15.9 Å². The lowest BCUT2D eigenvalue weighted by atomic mass is 9.81. The fourth-order valence-electron chi connectivity index (χ4n) is 5.57. The summed E-state index contributed by atoms with van der Waals surface area (Å²) in [6.07, 6.45) is 7.31. The summed E-state index contributed by atoms with van der Waals surface area (Å²) in [7, 11) is 3.42. The van der Waals surface area contributed by atoms with Crippen LogP contribution in [0.25, 0.3) is 0 Å². The number of carbonyl (C=O) groups is 2. The molecule has 0 aliphatic heterocycles. The van der Waals surface area contributed by atoms with Gasteiger partial charge in [-0.2, -0.15) is 4.98 Å². The molecule has 0 saturated heterocycles. The number of anilines is 2. The lowest BCUT2D eigenvalue weighted by Crippen LogP contribution is -2.47. The Labute approximate surface area is 234 Å². The maximum absolute atomic E-state index is 14.1. The highest BCUT2D eigenvalue weighted by Gasteiger charge is 2.38. The van der Waals surface area contributed by atoms with Gasteiger partial charge in [0.2, 0.25) is 5.91 Å². The third kappa shape index (κ3) is 6.70. The zero-order valence-corrected chi connectivity index (χ0v) is 24.7. The molecule has 10 heteroatoms. The Morgan fingerprint density at radius 1 is 1.08 bits per heavy atom. The SMILES string of the molecule is CC1CCC(C(=O)N(c2cc(C(C)(C)C)sc2C(=O)O)C2CCC(Oc3ncc(F)c(N(C)C)n3)CC2)CC1. The van der Waals surface area contributed by atoms with Gasteiger partial charge in [0.15, 0.2) is 11.6 Å². The predicted molar refractivity (Wildman–Crippen MR) is 152 cm³/mol. The van der Waals surface area contributed by atoms with Crippen molar-refractivity contribution in [1.82, 2.24) is 9.97 Å². The molecule has 0 atom stereocenters. The van der Waals surface area contributed by atoms with E-state index in [0.29, 0.717) is 37.3 Å². The van der Waals surface area contributed by atoms with Crippen molar-refractivity contribution < 1.29 is 23.8 Å². The monoisotopic (exact) mass is 560 g/mol. The van der Waals surface area contributed by atoms with E-state index in [1.54, 1.807) is 19.0 Å². The van der Waals surface area contributed by atoms with Gasteiger partial charge in [0, 0.05) is 30.9 Å². The molecule has 2 aromatic rings. The van der Waals surface area contributed by atoms with Gasteiger partial charge in [-0.25, -0.2) is 14.2 Å². The van der Waals surface area contributed by atoms with Crippen LogP contribution >= 0.6 is 11.3 Å². The first-order chi connectivity index (χ1) is 18.3. The molecular weight excluding hydrogens is 519 g/mol. The lowest BCUT2D eigenvalue weighted by Gasteiger charge is -2.39. The summed E-state index contributed by atoms with van der Waals surface area (Å²) in [6, 6.07) is 1.94. The predicted octanol–water partition coefficient (Wildman–Crippen LogP) is 6.29. The molecule has 2 aliphatic rings. The van der Waals surface area contributed by atoms with E-state index in [9.17, 15) is 19.1 Å². The van der Waals surface area contributed by atoms with Gasteiger partial charge in [-0.05, 0) is 68.8 Å². The number of aromatic carboxylic acids is 1. The van der Waals surface area contributed by atoms with Crippen LogP contribution in [0.2, 0.25) is 0 Å². The average molecular weight is 561 g/mol. The molecule has 2 heterocycles. The number of hydrogen-bond donors (Lipinski definition) is 1. The zero-order valence-electron chi connectivity index (χ0n) is 23.9. The average Bonchev–Trinajstić information content (AvgIpc) is 3.33. The van der Waals surface area contributed by atoms with Gasteiger partial charge in [-0.3, -0.25) is 4.79 Å². The number of rotatable bonds is 7. The summed E-state index contributed by atoms with van der Waals surface area (Å²) in [4.78, 5) is 39.2. The number of halogens is 1. The van der Waals surface area contributed by atoms with Gasteiger partial charge in [0.25, 0.3) is 0 Å². The molecular formula is C29H41FN4O4S. The number of carboxylic acids is 1. The van der Waals surface area contributed by atoms with Gasteiger partial charge >= 0.3 is 12.0 Å². The number of carbonyl (C=O) groups excluding carboxylic acids is 1. The molecule has 39 heavy (non-hydrogen) atoms. The Kier molecular flexibility index (Phi) is 8.83. The maximum Gasteiger partial charge on any atom is 0.348 e. The lowest BCUT2D eigenvalue weighted by molar-refractivity contribution is -0.124. The molecule has 0 spiro atoms. The Bertz CT molecular complexity index is 1180. The van der Waals surface area contributed by atoms with Gasteiger partial charge in [0.05, 0.1) is 11.9 Å². The largest absolute Gasteiger partial charge is 0.477 e. The molecule has 214 valence electrons. The Hall–Kier alpha value is -2.75. The molecule has 1 N–H and O–H groups in total. The van der Waals surface area contributed by atoms with E-state index >= 15 is 0 Å². The first-order valence-corrected chi connectivity index (χ1v) is 14.7. The van der Waals surface area contributed by atoms with E-state index in [2.05, 4.69) is 37.7 Å². The van der Waals surface area contributed by atoms with Crippen molar-refractivity contribution in [2.45, 2.75) is 96.6 Å². The number of thiophene rings is 1. The summed E-state index contributed by atoms with van der Waals surface area (Å²) in [6.45, 7) is 8.41. The molecule has 2 aromatic heterocycles. The fourth-order valence-corrected chi connectivity index (χ4v) is 6.61. The van der Waals surface area contributed by atoms with Crippen molar-refractivity contribution in [3.63, 3.8) is 0 Å². The molecule has 1 amide bonds. The molecule has 2 aliphatic carbocycles. The van der Waals surface area contributed by atoms with Crippen LogP contribution in [0.15, 0.2) is 12.3 Å². The first kappa shape index (κ1) is 29.2. The zero-order chi connectivity index (χ0) is 28.5. The van der Waals surface area contributed by atoms with Gasteiger partial charge in [-0.15, -0.1) is 11.3 Å². The maximum atomic E-state index is 14.1. The summed E-state index contributed by atoms with van der Waals surface area (Å²) in [5.41, 5.74) is 0.302. The van der Waals surface area contributed by atoms with Crippen molar-refractivity contribution in [3.8, 4) is 6.01 Å². The minimum Gasteiger partial charge on any atom is -0.477 e. The minimum absolute atomic E-state index is 0.0459. The Morgan fingerprint density at radius 3 is 2.28 bits per heavy atom. The van der Waals surface area contributed by atoms with Crippen LogP contribution in [0.5, 0.6) is 6.01 Å². The van der Waals surface area contributed by atoms with E-state index in [0.717, 1.165) is 36.8 Å². The van der Waals surface area contributed by atoms with E-state index in [1.807, 2.05) is 11.0 Å². The van der Waals surface area contributed by atoms with E-state index in [1.165, 1.54) is 11.3 Å². The quantitative estimate of drug-likeness (QED) is 0.425. The number of aromatic nitrogens is 2. The summed E-state index contributed by atoms with van der Waals surface area (Å²) in [5, 5.41) is 10.1. The van der Waals surface area contributed by atoms with Crippen molar-refractivity contribution in [3.05, 3.63) is 27.8 Å². The van der Waals surface area contributed by atoms with Gasteiger partial charge in [-0.1, -0.05) is 27.7 Å². The van der Waals surface area contributed by atoms with Crippen molar-refractivity contribution in [2.24, 2.45) is 11.8 Å². The molecule has 0 aromatic carbocycles. The molecule has 2 saturated carbocycles. The second-order valence-electron chi connectivity index (χ2n) is 12.3. The number of hydrogen-bond acceptors (Lipinski definition) is 7. The van der Waals surface area contributed by atoms with Gasteiger partial charge < -0.3 is 19.6 Å². The summed E-state index contributed by atoms with van der Waals surface area (Å²) >= 11 is 1.27. The second-order valence-corrected chi connectivity index (χ2v) is 13.4. The molecule has 4 rings (SSSR count). The number of carboxylic acid groups (broad SMARTS) is 1. The van der Waals surface area contributed by atoms with Crippen LogP contribution < -0.4 is 14.5 Å². The molecule has 2 fully saturated rings. The van der Waals surface area contributed by atoms with Crippen LogP contribution in [0, 0.1) is 17.7 Å². The second kappa shape index (κ2) is 11.8.